The summed E-state index contributed by atoms with van der Waals surface area (Å²) >= 11 is 0. The lowest BCUT2D eigenvalue weighted by Crippen LogP contribution is -2.37. The number of hydrogen-bond donors (Lipinski definition) is 2. The molecule has 0 radical (unpaired) electrons. The van der Waals surface area contributed by atoms with Gasteiger partial charge in [0, 0.05) is 12.6 Å². The molecule has 1 aliphatic rings. The first-order valence-corrected chi connectivity index (χ1v) is 9.29. The van der Waals surface area contributed by atoms with Crippen LogP contribution in [0.5, 0.6) is 0 Å². The van der Waals surface area contributed by atoms with Crippen LogP contribution in [-0.2, 0) is 10.0 Å². The van der Waals surface area contributed by atoms with Crippen molar-refractivity contribution in [2.75, 3.05) is 11.9 Å². The van der Waals surface area contributed by atoms with E-state index in [9.17, 15) is 8.42 Å². The van der Waals surface area contributed by atoms with Crippen molar-refractivity contribution < 1.29 is 8.42 Å². The second kappa shape index (κ2) is 6.79. The highest BCUT2D eigenvalue weighted by Gasteiger charge is 2.29. The number of anilines is 1. The lowest BCUT2D eigenvalue weighted by Gasteiger charge is -2.36. The van der Waals surface area contributed by atoms with Crippen molar-refractivity contribution in [3.8, 4) is 0 Å². The molecular formula is C16H26N2O2S. The normalized spacial score (nSPS) is 26.5. The summed E-state index contributed by atoms with van der Waals surface area (Å²) < 4.78 is 27.2. The largest absolute Gasteiger partial charge is 0.381 e. The Kier molecular flexibility index (Phi) is 5.27. The lowest BCUT2D eigenvalue weighted by molar-refractivity contribution is 0.268. The van der Waals surface area contributed by atoms with E-state index in [-0.39, 0.29) is 0 Å². The quantitative estimate of drug-likeness (QED) is 0.878. The highest BCUT2D eigenvalue weighted by atomic mass is 32.2. The zero-order valence-corrected chi connectivity index (χ0v) is 13.9. The van der Waals surface area contributed by atoms with Gasteiger partial charge >= 0.3 is 0 Å². The van der Waals surface area contributed by atoms with Gasteiger partial charge in [0.15, 0.2) is 0 Å². The van der Waals surface area contributed by atoms with Crippen LogP contribution in [0.25, 0.3) is 0 Å². The van der Waals surface area contributed by atoms with Crippen LogP contribution in [-0.4, -0.2) is 21.0 Å². The van der Waals surface area contributed by atoms with Crippen LogP contribution < -0.4 is 10.0 Å². The van der Waals surface area contributed by atoms with Gasteiger partial charge in [-0.1, -0.05) is 39.3 Å². The summed E-state index contributed by atoms with van der Waals surface area (Å²) in [5.74, 6) is 1.12. The summed E-state index contributed by atoms with van der Waals surface area (Å²) in [4.78, 5) is 0.344. The van der Waals surface area contributed by atoms with Crippen LogP contribution in [0, 0.1) is 11.8 Å². The Bertz CT molecular complexity index is 561. The molecule has 2 atom stereocenters. The summed E-state index contributed by atoms with van der Waals surface area (Å²) in [5, 5.41) is 3.49. The van der Waals surface area contributed by atoms with Crippen molar-refractivity contribution in [3.63, 3.8) is 0 Å². The zero-order valence-electron chi connectivity index (χ0n) is 13.1. The summed E-state index contributed by atoms with van der Waals surface area (Å²) in [6.45, 7) is 6.68. The van der Waals surface area contributed by atoms with Gasteiger partial charge in [0.2, 0.25) is 10.0 Å². The number of benzene rings is 1. The average Bonchev–Trinajstić information content (AvgIpc) is 2.43. The number of rotatable bonds is 5. The fourth-order valence-electron chi connectivity index (χ4n) is 3.23. The van der Waals surface area contributed by atoms with Crippen LogP contribution >= 0.6 is 0 Å². The fourth-order valence-corrected chi connectivity index (χ4v) is 4.44. The molecule has 0 saturated heterocycles. The SMILES string of the molecule is CCNS(=O)(=O)c1ccccc1NC1C(C)CCCC1C. The molecule has 0 aliphatic heterocycles. The van der Waals surface area contributed by atoms with E-state index in [0.717, 1.165) is 0 Å². The highest BCUT2D eigenvalue weighted by Crippen LogP contribution is 2.32. The molecule has 1 aliphatic carbocycles. The number of nitrogens with one attached hydrogen (secondary N) is 2. The van der Waals surface area contributed by atoms with Gasteiger partial charge < -0.3 is 5.32 Å². The second-order valence-electron chi connectivity index (χ2n) is 6.05. The summed E-state index contributed by atoms with van der Waals surface area (Å²) in [5.41, 5.74) is 0.712. The maximum absolute atomic E-state index is 12.3. The maximum Gasteiger partial charge on any atom is 0.242 e. The summed E-state index contributed by atoms with van der Waals surface area (Å²) in [7, 11) is -3.44. The molecule has 2 N–H and O–H groups in total. The predicted molar refractivity (Wildman–Crippen MR) is 86.9 cm³/mol. The Hall–Kier alpha value is -1.07. The molecule has 1 saturated carbocycles. The lowest BCUT2D eigenvalue weighted by atomic mass is 9.78. The first-order valence-electron chi connectivity index (χ1n) is 7.81. The third kappa shape index (κ3) is 3.77. The van der Waals surface area contributed by atoms with Gasteiger partial charge in [-0.15, -0.1) is 0 Å². The average molecular weight is 310 g/mol. The van der Waals surface area contributed by atoms with Gasteiger partial charge in [0.25, 0.3) is 0 Å². The first kappa shape index (κ1) is 16.3. The molecule has 0 amide bonds. The van der Waals surface area contributed by atoms with Crippen molar-refractivity contribution in [1.82, 2.24) is 4.72 Å². The van der Waals surface area contributed by atoms with Gasteiger partial charge in [-0.05, 0) is 36.8 Å². The van der Waals surface area contributed by atoms with E-state index >= 15 is 0 Å². The molecule has 2 rings (SSSR count). The van der Waals surface area contributed by atoms with Crippen molar-refractivity contribution in [2.24, 2.45) is 11.8 Å². The molecule has 5 heteroatoms. The Balaban J connectivity index is 2.28. The molecule has 118 valence electrons. The number of hydrogen-bond acceptors (Lipinski definition) is 3. The minimum Gasteiger partial charge on any atom is -0.381 e. The van der Waals surface area contributed by atoms with Gasteiger partial charge in [-0.25, -0.2) is 13.1 Å². The van der Waals surface area contributed by atoms with Gasteiger partial charge in [-0.3, -0.25) is 0 Å². The molecule has 2 unspecified atom stereocenters. The smallest absolute Gasteiger partial charge is 0.242 e. The molecule has 1 fully saturated rings. The Labute approximate surface area is 128 Å². The van der Waals surface area contributed by atoms with E-state index in [1.165, 1.54) is 19.3 Å². The molecule has 0 spiro atoms. The van der Waals surface area contributed by atoms with E-state index in [1.807, 2.05) is 12.1 Å². The molecule has 4 nitrogen and oxygen atoms in total. The molecule has 0 heterocycles. The standard InChI is InChI=1S/C16H26N2O2S/c1-4-17-21(19,20)15-11-6-5-10-14(15)18-16-12(2)8-7-9-13(16)3/h5-6,10-13,16-18H,4,7-9H2,1-3H3. The topological polar surface area (TPSA) is 58.2 Å². The monoisotopic (exact) mass is 310 g/mol. The van der Waals surface area contributed by atoms with Crippen LogP contribution in [0.2, 0.25) is 0 Å². The highest BCUT2D eigenvalue weighted by molar-refractivity contribution is 7.89. The zero-order chi connectivity index (χ0) is 15.5. The third-order valence-electron chi connectivity index (χ3n) is 4.38. The first-order chi connectivity index (χ1) is 9.95. The fraction of sp³-hybridized carbons (Fsp3) is 0.625. The van der Waals surface area contributed by atoms with E-state index in [4.69, 9.17) is 0 Å². The summed E-state index contributed by atoms with van der Waals surface area (Å²) in [6.07, 6.45) is 3.66. The molecule has 0 bridgehead atoms. The van der Waals surface area contributed by atoms with Crippen LogP contribution in [0.3, 0.4) is 0 Å². The van der Waals surface area contributed by atoms with Crippen molar-refractivity contribution in [1.29, 1.82) is 0 Å². The van der Waals surface area contributed by atoms with Gasteiger partial charge in [0.1, 0.15) is 4.90 Å². The van der Waals surface area contributed by atoms with Gasteiger partial charge in [0.05, 0.1) is 5.69 Å². The van der Waals surface area contributed by atoms with E-state index < -0.39 is 10.0 Å². The molecule has 0 aromatic heterocycles. The number of sulfonamides is 1. The van der Waals surface area contributed by atoms with E-state index in [0.29, 0.717) is 35.0 Å². The second-order valence-corrected chi connectivity index (χ2v) is 7.79. The third-order valence-corrected chi connectivity index (χ3v) is 5.98. The Morgan fingerprint density at radius 1 is 1.14 bits per heavy atom. The molecule has 1 aromatic rings. The minimum absolute atomic E-state index is 0.330. The van der Waals surface area contributed by atoms with Crippen molar-refractivity contribution in [3.05, 3.63) is 24.3 Å². The summed E-state index contributed by atoms with van der Waals surface area (Å²) in [6, 6.07) is 7.50. The molecular weight excluding hydrogens is 284 g/mol. The van der Waals surface area contributed by atoms with Crippen molar-refractivity contribution >= 4 is 15.7 Å². The Morgan fingerprint density at radius 3 is 2.38 bits per heavy atom. The predicted octanol–water partition coefficient (Wildman–Crippen LogP) is 3.22. The molecule has 21 heavy (non-hydrogen) atoms. The van der Waals surface area contributed by atoms with Crippen molar-refractivity contribution in [2.45, 2.75) is 51.0 Å². The van der Waals surface area contributed by atoms with Crippen LogP contribution in [0.15, 0.2) is 29.2 Å². The van der Waals surface area contributed by atoms with Crippen LogP contribution in [0.1, 0.15) is 40.0 Å². The van der Waals surface area contributed by atoms with E-state index in [2.05, 4.69) is 23.9 Å². The maximum atomic E-state index is 12.3. The number of para-hydroxylation sites is 1. The van der Waals surface area contributed by atoms with Crippen LogP contribution in [0.4, 0.5) is 5.69 Å². The molecule has 1 aromatic carbocycles. The van der Waals surface area contributed by atoms with Gasteiger partial charge in [-0.2, -0.15) is 0 Å². The van der Waals surface area contributed by atoms with E-state index in [1.54, 1.807) is 19.1 Å². The Morgan fingerprint density at radius 2 is 1.76 bits per heavy atom. The minimum atomic E-state index is -3.44.